The predicted octanol–water partition coefficient (Wildman–Crippen LogP) is 5.25. The molecule has 1 heterocycles. The number of allylic oxidation sites excluding steroid dienone is 4. The Morgan fingerprint density at radius 2 is 0.977 bits per heavy atom. The van der Waals surface area contributed by atoms with Gasteiger partial charge in [-0.2, -0.15) is 0 Å². The minimum Gasteiger partial charge on any atom is -0.493 e. The largest absolute Gasteiger partial charge is 0.493 e. The number of aryl methyl sites for hydroxylation is 2. The fraction of sp³-hybridized carbons (Fsp3) is 0.371. The maximum absolute atomic E-state index is 13.1. The van der Waals surface area contributed by atoms with Crippen LogP contribution >= 0.6 is 0 Å². The van der Waals surface area contributed by atoms with Crippen molar-refractivity contribution in [1.29, 1.82) is 0 Å². The van der Waals surface area contributed by atoms with E-state index in [4.69, 9.17) is 18.9 Å². The van der Waals surface area contributed by atoms with Crippen molar-refractivity contribution in [2.45, 2.75) is 32.1 Å². The summed E-state index contributed by atoms with van der Waals surface area (Å²) in [6.45, 7) is 2.28. The minimum atomic E-state index is -0.0260. The second-order valence-corrected chi connectivity index (χ2v) is 10.9. The highest BCUT2D eigenvalue weighted by Crippen LogP contribution is 2.36. The molecule has 0 aromatic heterocycles. The van der Waals surface area contributed by atoms with E-state index in [1.54, 1.807) is 40.6 Å². The van der Waals surface area contributed by atoms with Crippen LogP contribution in [0.4, 0.5) is 0 Å². The third kappa shape index (κ3) is 6.96. The Labute approximate surface area is 253 Å². The van der Waals surface area contributed by atoms with E-state index in [1.807, 2.05) is 46.2 Å². The zero-order chi connectivity index (χ0) is 30.3. The van der Waals surface area contributed by atoms with Crippen LogP contribution in [0.1, 0.15) is 41.5 Å². The quantitative estimate of drug-likeness (QED) is 0.395. The maximum Gasteiger partial charge on any atom is 0.246 e. The van der Waals surface area contributed by atoms with Crippen LogP contribution in [0, 0.1) is 0 Å². The van der Waals surface area contributed by atoms with Gasteiger partial charge in [-0.15, -0.1) is 0 Å². The second kappa shape index (κ2) is 13.7. The highest BCUT2D eigenvalue weighted by Gasteiger charge is 2.21. The molecule has 226 valence electrons. The number of fused-ring (bicyclic) bond motifs is 2. The Balaban J connectivity index is 1.17. The summed E-state index contributed by atoms with van der Waals surface area (Å²) in [4.78, 5) is 29.8. The zero-order valence-electron chi connectivity index (χ0n) is 25.5. The third-order valence-corrected chi connectivity index (χ3v) is 8.34. The van der Waals surface area contributed by atoms with Gasteiger partial charge in [-0.1, -0.05) is 24.3 Å². The number of methoxy groups -OCH3 is 4. The molecule has 0 unspecified atom stereocenters. The summed E-state index contributed by atoms with van der Waals surface area (Å²) in [6, 6.07) is 8.01. The summed E-state index contributed by atoms with van der Waals surface area (Å²) in [5.41, 5.74) is 6.78. The summed E-state index contributed by atoms with van der Waals surface area (Å²) in [5.74, 6) is 2.79. The van der Waals surface area contributed by atoms with E-state index in [0.717, 1.165) is 65.9 Å². The van der Waals surface area contributed by atoms with Gasteiger partial charge in [0.25, 0.3) is 0 Å². The van der Waals surface area contributed by atoms with Crippen LogP contribution in [0.5, 0.6) is 23.0 Å². The molecule has 2 amide bonds. The Kier molecular flexibility index (Phi) is 9.55. The molecule has 0 atom stereocenters. The van der Waals surface area contributed by atoms with Crippen molar-refractivity contribution in [2.24, 2.45) is 0 Å². The monoisotopic (exact) mass is 584 g/mol. The smallest absolute Gasteiger partial charge is 0.246 e. The number of rotatable bonds is 8. The lowest BCUT2D eigenvalue weighted by Crippen LogP contribution is -2.36. The van der Waals surface area contributed by atoms with Gasteiger partial charge >= 0.3 is 0 Å². The summed E-state index contributed by atoms with van der Waals surface area (Å²) < 4.78 is 21.8. The Morgan fingerprint density at radius 3 is 1.37 bits per heavy atom. The molecule has 2 aromatic carbocycles. The zero-order valence-corrected chi connectivity index (χ0v) is 25.5. The molecule has 43 heavy (non-hydrogen) atoms. The average molecular weight is 585 g/mol. The van der Waals surface area contributed by atoms with Gasteiger partial charge in [0, 0.05) is 38.3 Å². The summed E-state index contributed by atoms with van der Waals surface area (Å²) in [6.07, 6.45) is 15.6. The highest BCUT2D eigenvalue weighted by molar-refractivity contribution is 5.90. The number of benzene rings is 2. The minimum absolute atomic E-state index is 0.0260. The molecule has 1 fully saturated rings. The SMILES string of the molecule is COc1cc2c(cc1OC)CCC(/C=C/C(=O)N1CCCN(C(=O)/C=C/C3=Cc4cc(OC)c(OC)cc4CC3)CC1)=C2. The lowest BCUT2D eigenvalue weighted by Gasteiger charge is -2.21. The lowest BCUT2D eigenvalue weighted by molar-refractivity contribution is -0.128. The van der Waals surface area contributed by atoms with Crippen LogP contribution in [0.3, 0.4) is 0 Å². The van der Waals surface area contributed by atoms with E-state index < -0.39 is 0 Å². The molecule has 3 aliphatic rings. The molecule has 2 aliphatic carbocycles. The van der Waals surface area contributed by atoms with Crippen molar-refractivity contribution in [3.63, 3.8) is 0 Å². The molecule has 8 nitrogen and oxygen atoms in total. The number of hydrogen-bond acceptors (Lipinski definition) is 6. The number of carbonyl (C=O) groups is 2. The lowest BCUT2D eigenvalue weighted by atomic mass is 9.91. The van der Waals surface area contributed by atoms with Gasteiger partial charge in [-0.05, 0) is 89.8 Å². The first-order valence-corrected chi connectivity index (χ1v) is 14.8. The van der Waals surface area contributed by atoms with Gasteiger partial charge in [0.05, 0.1) is 28.4 Å². The summed E-state index contributed by atoms with van der Waals surface area (Å²) >= 11 is 0. The van der Waals surface area contributed by atoms with E-state index in [2.05, 4.69) is 12.2 Å². The molecule has 8 heteroatoms. The van der Waals surface area contributed by atoms with Gasteiger partial charge in [-0.25, -0.2) is 0 Å². The van der Waals surface area contributed by atoms with Crippen molar-refractivity contribution < 1.29 is 28.5 Å². The van der Waals surface area contributed by atoms with Crippen molar-refractivity contribution in [1.82, 2.24) is 9.80 Å². The fourth-order valence-electron chi connectivity index (χ4n) is 5.87. The van der Waals surface area contributed by atoms with Crippen molar-refractivity contribution in [3.05, 3.63) is 82.0 Å². The number of ether oxygens (including phenoxy) is 4. The van der Waals surface area contributed by atoms with Crippen LogP contribution in [0.2, 0.25) is 0 Å². The van der Waals surface area contributed by atoms with E-state index in [1.165, 1.54) is 11.1 Å². The van der Waals surface area contributed by atoms with Crippen molar-refractivity contribution in [2.75, 3.05) is 54.6 Å². The molecule has 1 saturated heterocycles. The molecule has 1 aliphatic heterocycles. The van der Waals surface area contributed by atoms with E-state index >= 15 is 0 Å². The number of carbonyl (C=O) groups excluding carboxylic acids is 2. The number of hydrogen-bond donors (Lipinski definition) is 0. The Hall–Kier alpha value is -4.46. The highest BCUT2D eigenvalue weighted by atomic mass is 16.5. The number of amides is 2. The van der Waals surface area contributed by atoms with Crippen LogP contribution in [-0.4, -0.2) is 76.2 Å². The molecule has 2 aromatic rings. The van der Waals surface area contributed by atoms with Gasteiger partial charge in [0.1, 0.15) is 0 Å². The average Bonchev–Trinajstić information content (AvgIpc) is 3.31. The molecule has 0 saturated carbocycles. The second-order valence-electron chi connectivity index (χ2n) is 10.9. The first kappa shape index (κ1) is 30.0. The molecular weight excluding hydrogens is 544 g/mol. The molecular formula is C35H40N2O6. The van der Waals surface area contributed by atoms with E-state index in [9.17, 15) is 9.59 Å². The number of nitrogens with zero attached hydrogens (tertiary/aromatic N) is 2. The maximum atomic E-state index is 13.1. The molecule has 0 N–H and O–H groups in total. The first-order chi connectivity index (χ1) is 20.9. The van der Waals surface area contributed by atoms with Gasteiger partial charge in [-0.3, -0.25) is 9.59 Å². The summed E-state index contributed by atoms with van der Waals surface area (Å²) in [5, 5.41) is 0. The van der Waals surface area contributed by atoms with E-state index in [-0.39, 0.29) is 11.8 Å². The van der Waals surface area contributed by atoms with Crippen LogP contribution < -0.4 is 18.9 Å². The summed E-state index contributed by atoms with van der Waals surface area (Å²) in [7, 11) is 6.54. The fourth-order valence-corrected chi connectivity index (χ4v) is 5.87. The van der Waals surface area contributed by atoms with Gasteiger partial charge in [0.2, 0.25) is 11.8 Å². The first-order valence-electron chi connectivity index (χ1n) is 14.8. The standard InChI is InChI=1S/C35H40N2O6/c1-40-30-20-26-10-6-24(18-28(26)22-32(30)42-3)8-12-34(38)36-14-5-15-37(17-16-36)35(39)13-9-25-7-11-27-21-31(41-2)33(43-4)23-29(27)19-25/h8-9,12-13,18-23H,5-7,10-11,14-17H2,1-4H3/b12-8+,13-9+. The Morgan fingerprint density at radius 1 is 0.581 bits per heavy atom. The third-order valence-electron chi connectivity index (χ3n) is 8.34. The van der Waals surface area contributed by atoms with Crippen LogP contribution in [0.15, 0.2) is 59.7 Å². The van der Waals surface area contributed by atoms with E-state index in [0.29, 0.717) is 37.7 Å². The normalized spacial score (nSPS) is 16.7. The van der Waals surface area contributed by atoms with Gasteiger partial charge < -0.3 is 28.7 Å². The van der Waals surface area contributed by atoms with Crippen LogP contribution in [0.25, 0.3) is 12.2 Å². The molecule has 0 spiro atoms. The van der Waals surface area contributed by atoms with Crippen molar-refractivity contribution >= 4 is 24.0 Å². The molecule has 5 rings (SSSR count). The topological polar surface area (TPSA) is 77.5 Å². The molecule has 0 radical (unpaired) electrons. The molecule has 0 bridgehead atoms. The van der Waals surface area contributed by atoms with Crippen molar-refractivity contribution in [3.8, 4) is 23.0 Å². The Bertz CT molecular complexity index is 1390. The predicted molar refractivity (Wildman–Crippen MR) is 168 cm³/mol. The van der Waals surface area contributed by atoms with Gasteiger partial charge in [0.15, 0.2) is 23.0 Å². The van der Waals surface area contributed by atoms with Crippen LogP contribution in [-0.2, 0) is 22.4 Å².